The van der Waals surface area contributed by atoms with Crippen LogP contribution in [0.1, 0.15) is 16.7 Å². The van der Waals surface area contributed by atoms with Gasteiger partial charge in [-0.15, -0.1) is 0 Å². The van der Waals surface area contributed by atoms with Crippen LogP contribution in [0.15, 0.2) is 72.8 Å². The minimum Gasteiger partial charge on any atom is -0.508 e. The smallest absolute Gasteiger partial charge is 0.333 e. The Labute approximate surface area is 164 Å². The summed E-state index contributed by atoms with van der Waals surface area (Å²) in [6, 6.07) is 20.3. The Hall–Kier alpha value is -2.63. The van der Waals surface area contributed by atoms with Crippen molar-refractivity contribution in [1.82, 2.24) is 0 Å². The number of hydrogen-bond acceptors (Lipinski definition) is 6. The van der Waals surface area contributed by atoms with E-state index < -0.39 is 8.60 Å². The number of rotatable bonds is 9. The van der Waals surface area contributed by atoms with Gasteiger partial charge in [0.1, 0.15) is 17.2 Å². The summed E-state index contributed by atoms with van der Waals surface area (Å²) in [6.07, 6.45) is 0. The molecule has 0 amide bonds. The topological polar surface area (TPSA) is 88.4 Å². The number of phenols is 3. The molecule has 0 saturated carbocycles. The molecule has 6 nitrogen and oxygen atoms in total. The van der Waals surface area contributed by atoms with E-state index in [9.17, 15) is 15.3 Å². The van der Waals surface area contributed by atoms with Gasteiger partial charge in [-0.05, 0) is 53.1 Å². The van der Waals surface area contributed by atoms with Gasteiger partial charge in [-0.2, -0.15) is 0 Å². The van der Waals surface area contributed by atoms with Crippen LogP contribution >= 0.6 is 8.60 Å². The normalized spacial score (nSPS) is 11.0. The molecule has 28 heavy (non-hydrogen) atoms. The Morgan fingerprint density at radius 3 is 1.14 bits per heavy atom. The third kappa shape index (κ3) is 6.51. The molecule has 0 bridgehead atoms. The molecule has 0 fully saturated rings. The van der Waals surface area contributed by atoms with Crippen LogP contribution in [0.4, 0.5) is 0 Å². The SMILES string of the molecule is Oc1cccc(COP(OCc2cccc(O)c2)OCc2cccc(O)c2)c1. The lowest BCUT2D eigenvalue weighted by Crippen LogP contribution is -1.98. The first-order valence-corrected chi connectivity index (χ1v) is 9.70. The van der Waals surface area contributed by atoms with E-state index in [1.807, 2.05) is 18.2 Å². The average molecular weight is 400 g/mol. The fourth-order valence-electron chi connectivity index (χ4n) is 2.43. The zero-order valence-corrected chi connectivity index (χ0v) is 16.0. The number of phenolic OH excluding ortho intramolecular Hbond substituents is 3. The Bertz CT molecular complexity index is 784. The molecule has 3 N–H and O–H groups in total. The van der Waals surface area contributed by atoms with Crippen molar-refractivity contribution in [2.45, 2.75) is 19.8 Å². The quantitative estimate of drug-likeness (QED) is 0.439. The van der Waals surface area contributed by atoms with Gasteiger partial charge < -0.3 is 28.9 Å². The molecule has 0 aromatic heterocycles. The van der Waals surface area contributed by atoms with E-state index in [0.717, 1.165) is 16.7 Å². The van der Waals surface area contributed by atoms with Crippen molar-refractivity contribution in [2.75, 3.05) is 0 Å². The van der Waals surface area contributed by atoms with E-state index in [-0.39, 0.29) is 37.1 Å². The van der Waals surface area contributed by atoms with Gasteiger partial charge in [0, 0.05) is 0 Å². The van der Waals surface area contributed by atoms with Crippen molar-refractivity contribution in [1.29, 1.82) is 0 Å². The van der Waals surface area contributed by atoms with Gasteiger partial charge in [-0.3, -0.25) is 0 Å². The van der Waals surface area contributed by atoms with Gasteiger partial charge in [-0.25, -0.2) is 0 Å². The zero-order valence-electron chi connectivity index (χ0n) is 15.1. The first-order chi connectivity index (χ1) is 13.6. The van der Waals surface area contributed by atoms with Crippen LogP contribution in [-0.2, 0) is 33.4 Å². The number of benzene rings is 3. The highest BCUT2D eigenvalue weighted by Gasteiger charge is 2.14. The fraction of sp³-hybridized carbons (Fsp3) is 0.143. The highest BCUT2D eigenvalue weighted by molar-refractivity contribution is 7.41. The second-order valence-corrected chi connectivity index (χ2v) is 7.28. The number of hydrogen-bond donors (Lipinski definition) is 3. The van der Waals surface area contributed by atoms with Crippen LogP contribution in [0.2, 0.25) is 0 Å². The molecule has 146 valence electrons. The summed E-state index contributed by atoms with van der Waals surface area (Å²) in [5.74, 6) is 0.477. The van der Waals surface area contributed by atoms with Crippen LogP contribution in [0.5, 0.6) is 17.2 Å². The summed E-state index contributed by atoms with van der Waals surface area (Å²) in [5, 5.41) is 28.7. The Kier molecular flexibility index (Phi) is 7.23. The molecule has 3 aromatic carbocycles. The molecule has 0 aliphatic rings. The summed E-state index contributed by atoms with van der Waals surface area (Å²) in [4.78, 5) is 0. The molecule has 0 heterocycles. The van der Waals surface area contributed by atoms with Crippen molar-refractivity contribution in [3.05, 3.63) is 89.5 Å². The summed E-state index contributed by atoms with van der Waals surface area (Å²) < 4.78 is 17.3. The molecule has 0 radical (unpaired) electrons. The van der Waals surface area contributed by atoms with E-state index in [0.29, 0.717) is 0 Å². The van der Waals surface area contributed by atoms with E-state index in [4.69, 9.17) is 13.6 Å². The summed E-state index contributed by atoms with van der Waals surface area (Å²) in [7, 11) is -1.71. The maximum absolute atomic E-state index is 9.57. The van der Waals surface area contributed by atoms with Gasteiger partial charge >= 0.3 is 8.60 Å². The van der Waals surface area contributed by atoms with Crippen LogP contribution in [-0.4, -0.2) is 15.3 Å². The standard InChI is InChI=1S/C21H21O6P/c22-19-7-1-4-16(10-19)13-25-28(26-14-17-5-2-8-20(23)11-17)27-15-18-6-3-9-21(24)12-18/h1-12,22-24H,13-15H2. The molecular formula is C21H21O6P. The molecule has 0 unspecified atom stereocenters. The predicted molar refractivity (Wildman–Crippen MR) is 106 cm³/mol. The molecular weight excluding hydrogens is 379 g/mol. The van der Waals surface area contributed by atoms with Gasteiger partial charge in [0.2, 0.25) is 0 Å². The van der Waals surface area contributed by atoms with Gasteiger partial charge in [0.25, 0.3) is 0 Å². The maximum atomic E-state index is 9.57. The van der Waals surface area contributed by atoms with Gasteiger partial charge in [0.15, 0.2) is 0 Å². The van der Waals surface area contributed by atoms with Crippen molar-refractivity contribution in [2.24, 2.45) is 0 Å². The Morgan fingerprint density at radius 2 is 0.857 bits per heavy atom. The lowest BCUT2D eigenvalue weighted by molar-refractivity contribution is 0.144. The maximum Gasteiger partial charge on any atom is 0.333 e. The largest absolute Gasteiger partial charge is 0.508 e. The van der Waals surface area contributed by atoms with Crippen molar-refractivity contribution < 1.29 is 28.9 Å². The Morgan fingerprint density at radius 1 is 0.536 bits per heavy atom. The molecule has 0 spiro atoms. The molecule has 0 saturated heterocycles. The van der Waals surface area contributed by atoms with Crippen molar-refractivity contribution >= 4 is 8.60 Å². The highest BCUT2D eigenvalue weighted by Crippen LogP contribution is 2.43. The molecule has 7 heteroatoms. The first kappa shape index (κ1) is 20.1. The minimum atomic E-state index is -1.71. The highest BCUT2D eigenvalue weighted by atomic mass is 31.2. The minimum absolute atomic E-state index is 0.159. The van der Waals surface area contributed by atoms with E-state index in [1.54, 1.807) is 54.6 Å². The van der Waals surface area contributed by atoms with Gasteiger partial charge in [-0.1, -0.05) is 36.4 Å². The van der Waals surface area contributed by atoms with Crippen molar-refractivity contribution in [3.63, 3.8) is 0 Å². The third-order valence-corrected chi connectivity index (χ3v) is 4.76. The zero-order chi connectivity index (χ0) is 19.8. The average Bonchev–Trinajstić information content (AvgIpc) is 2.67. The van der Waals surface area contributed by atoms with Crippen LogP contribution in [0.25, 0.3) is 0 Å². The van der Waals surface area contributed by atoms with Crippen LogP contribution in [0, 0.1) is 0 Å². The molecule has 0 aliphatic carbocycles. The summed E-state index contributed by atoms with van der Waals surface area (Å²) >= 11 is 0. The lowest BCUT2D eigenvalue weighted by Gasteiger charge is -2.17. The van der Waals surface area contributed by atoms with Crippen LogP contribution in [0.3, 0.4) is 0 Å². The Balaban J connectivity index is 1.61. The van der Waals surface area contributed by atoms with E-state index in [2.05, 4.69) is 0 Å². The van der Waals surface area contributed by atoms with E-state index >= 15 is 0 Å². The van der Waals surface area contributed by atoms with Crippen molar-refractivity contribution in [3.8, 4) is 17.2 Å². The van der Waals surface area contributed by atoms with E-state index in [1.165, 1.54) is 0 Å². The fourth-order valence-corrected chi connectivity index (χ4v) is 3.42. The molecule has 3 aromatic rings. The molecule has 0 aliphatic heterocycles. The van der Waals surface area contributed by atoms with Crippen LogP contribution < -0.4 is 0 Å². The lowest BCUT2D eigenvalue weighted by atomic mass is 10.2. The summed E-state index contributed by atoms with van der Waals surface area (Å²) in [5.41, 5.74) is 2.36. The first-order valence-electron chi connectivity index (χ1n) is 8.61. The monoisotopic (exact) mass is 400 g/mol. The number of aromatic hydroxyl groups is 3. The molecule has 3 rings (SSSR count). The predicted octanol–water partition coefficient (Wildman–Crippen LogP) is 4.98. The van der Waals surface area contributed by atoms with Gasteiger partial charge in [0.05, 0.1) is 19.8 Å². The molecule has 0 atom stereocenters. The third-order valence-electron chi connectivity index (χ3n) is 3.74. The summed E-state index contributed by atoms with van der Waals surface area (Å²) in [6.45, 7) is 0.626. The second-order valence-electron chi connectivity index (χ2n) is 6.05. The second kappa shape index (κ2) is 10.1.